The van der Waals surface area contributed by atoms with E-state index in [1.807, 2.05) is 37.3 Å². The van der Waals surface area contributed by atoms with Crippen LogP contribution in [-0.2, 0) is 4.79 Å². The highest BCUT2D eigenvalue weighted by molar-refractivity contribution is 6.30. The largest absolute Gasteiger partial charge is 0.342 e. The molecule has 0 saturated carbocycles. The molecule has 2 N–H and O–H groups in total. The highest BCUT2D eigenvalue weighted by Gasteiger charge is 2.28. The van der Waals surface area contributed by atoms with Crippen LogP contribution in [0.2, 0.25) is 10.0 Å². The van der Waals surface area contributed by atoms with Crippen molar-refractivity contribution in [2.75, 3.05) is 6.54 Å². The Labute approximate surface area is 174 Å². The average Bonchev–Trinajstić information content (AvgIpc) is 2.72. The smallest absolute Gasteiger partial charge is 0.251 e. The number of hydrogen-bond donors (Lipinski definition) is 2. The van der Waals surface area contributed by atoms with Gasteiger partial charge in [0.2, 0.25) is 0 Å². The minimum absolute atomic E-state index is 0.0454. The van der Waals surface area contributed by atoms with Crippen molar-refractivity contribution >= 4 is 40.5 Å². The molecule has 0 fully saturated rings. The lowest BCUT2D eigenvalue weighted by Gasteiger charge is -2.26. The maximum absolute atomic E-state index is 13.0. The van der Waals surface area contributed by atoms with Crippen LogP contribution < -0.4 is 10.6 Å². The molecule has 1 aliphatic heterocycles. The summed E-state index contributed by atoms with van der Waals surface area (Å²) in [6.07, 6.45) is 3.30. The molecular formula is C22H22Cl2N2O2. The van der Waals surface area contributed by atoms with Crippen molar-refractivity contribution in [2.24, 2.45) is 0 Å². The molecular weight excluding hydrogens is 395 g/mol. The Morgan fingerprint density at radius 1 is 1.07 bits per heavy atom. The molecule has 0 aromatic heterocycles. The molecule has 0 saturated heterocycles. The lowest BCUT2D eigenvalue weighted by Crippen LogP contribution is -2.50. The van der Waals surface area contributed by atoms with Crippen LogP contribution in [0.1, 0.15) is 35.7 Å². The zero-order valence-electron chi connectivity index (χ0n) is 15.5. The molecule has 2 unspecified atom stereocenters. The van der Waals surface area contributed by atoms with Gasteiger partial charge in [-0.05, 0) is 60.4 Å². The van der Waals surface area contributed by atoms with Gasteiger partial charge in [-0.2, -0.15) is 0 Å². The third kappa shape index (κ3) is 5.02. The van der Waals surface area contributed by atoms with E-state index in [9.17, 15) is 9.59 Å². The fourth-order valence-corrected chi connectivity index (χ4v) is 3.48. The topological polar surface area (TPSA) is 58.2 Å². The molecule has 3 rings (SSSR count). The number of halogens is 2. The van der Waals surface area contributed by atoms with Crippen molar-refractivity contribution in [2.45, 2.75) is 31.8 Å². The number of Topliss-reactive ketones (excluding diaryl/α,β-unsaturated/α-hetero) is 1. The van der Waals surface area contributed by atoms with Gasteiger partial charge in [-0.3, -0.25) is 9.59 Å². The van der Waals surface area contributed by atoms with Gasteiger partial charge < -0.3 is 10.6 Å². The summed E-state index contributed by atoms with van der Waals surface area (Å²) >= 11 is 11.8. The number of ketones is 1. The first kappa shape index (κ1) is 20.6. The second-order valence-corrected chi connectivity index (χ2v) is 7.60. The Hall–Kier alpha value is -2.14. The number of rotatable bonds is 6. The first-order chi connectivity index (χ1) is 13.5. The lowest BCUT2D eigenvalue weighted by molar-refractivity contribution is -0.122. The van der Waals surface area contributed by atoms with Gasteiger partial charge in [0.25, 0.3) is 5.91 Å². The fourth-order valence-electron chi connectivity index (χ4n) is 3.23. The molecule has 28 heavy (non-hydrogen) atoms. The predicted molar refractivity (Wildman–Crippen MR) is 114 cm³/mol. The SMILES string of the molecule is CCC(NC(=O)c1ccc(Cl)cc1)C(=O)C1C=C(c2ccc(Cl)cc2)CCN1. The van der Waals surface area contributed by atoms with E-state index in [0.717, 1.165) is 17.6 Å². The lowest BCUT2D eigenvalue weighted by atomic mass is 9.93. The second kappa shape index (κ2) is 9.37. The van der Waals surface area contributed by atoms with Crippen LogP contribution in [0.15, 0.2) is 54.6 Å². The molecule has 0 bridgehead atoms. The number of hydrogen-bond acceptors (Lipinski definition) is 3. The summed E-state index contributed by atoms with van der Waals surface area (Å²) in [6, 6.07) is 13.2. The van der Waals surface area contributed by atoms with Crippen LogP contribution in [0.3, 0.4) is 0 Å². The van der Waals surface area contributed by atoms with Crippen molar-refractivity contribution in [3.05, 3.63) is 75.8 Å². The van der Waals surface area contributed by atoms with Crippen molar-refractivity contribution in [3.8, 4) is 0 Å². The van der Waals surface area contributed by atoms with Gasteiger partial charge in [0, 0.05) is 22.2 Å². The number of nitrogens with one attached hydrogen (secondary N) is 2. The maximum Gasteiger partial charge on any atom is 0.251 e. The van der Waals surface area contributed by atoms with Crippen LogP contribution in [0.4, 0.5) is 0 Å². The van der Waals surface area contributed by atoms with Gasteiger partial charge in [-0.25, -0.2) is 0 Å². The maximum atomic E-state index is 13.0. The number of carbonyl (C=O) groups excluding carboxylic acids is 2. The summed E-state index contributed by atoms with van der Waals surface area (Å²) in [6.45, 7) is 2.59. The molecule has 0 spiro atoms. The summed E-state index contributed by atoms with van der Waals surface area (Å²) in [4.78, 5) is 25.5. The van der Waals surface area contributed by atoms with Crippen molar-refractivity contribution < 1.29 is 9.59 Å². The molecule has 1 heterocycles. The molecule has 146 valence electrons. The number of carbonyl (C=O) groups is 2. The third-order valence-electron chi connectivity index (χ3n) is 4.81. The number of benzene rings is 2. The zero-order valence-corrected chi connectivity index (χ0v) is 17.1. The normalized spacial score (nSPS) is 17.5. The molecule has 4 nitrogen and oxygen atoms in total. The van der Waals surface area contributed by atoms with E-state index in [2.05, 4.69) is 10.6 Å². The summed E-state index contributed by atoms with van der Waals surface area (Å²) < 4.78 is 0. The van der Waals surface area contributed by atoms with Gasteiger partial charge in [0.15, 0.2) is 5.78 Å². The highest BCUT2D eigenvalue weighted by atomic mass is 35.5. The van der Waals surface area contributed by atoms with Crippen LogP contribution in [-0.4, -0.2) is 30.3 Å². The minimum atomic E-state index is -0.568. The minimum Gasteiger partial charge on any atom is -0.342 e. The van der Waals surface area contributed by atoms with E-state index < -0.39 is 12.1 Å². The summed E-state index contributed by atoms with van der Waals surface area (Å²) in [5.74, 6) is -0.328. The van der Waals surface area contributed by atoms with Crippen LogP contribution >= 0.6 is 23.2 Å². The summed E-state index contributed by atoms with van der Waals surface area (Å²) in [7, 11) is 0. The van der Waals surface area contributed by atoms with Gasteiger partial charge in [0.1, 0.15) is 0 Å². The Morgan fingerprint density at radius 3 is 2.29 bits per heavy atom. The zero-order chi connectivity index (χ0) is 20.1. The summed E-state index contributed by atoms with van der Waals surface area (Å²) in [5, 5.41) is 7.33. The van der Waals surface area contributed by atoms with E-state index in [0.29, 0.717) is 28.6 Å². The average molecular weight is 417 g/mol. The molecule has 6 heteroatoms. The van der Waals surface area contributed by atoms with Gasteiger partial charge >= 0.3 is 0 Å². The molecule has 0 radical (unpaired) electrons. The van der Waals surface area contributed by atoms with Gasteiger partial charge in [-0.15, -0.1) is 0 Å². The quantitative estimate of drug-likeness (QED) is 0.727. The fraction of sp³-hybridized carbons (Fsp3) is 0.273. The molecule has 1 amide bonds. The summed E-state index contributed by atoms with van der Waals surface area (Å²) in [5.41, 5.74) is 2.64. The second-order valence-electron chi connectivity index (χ2n) is 6.72. The van der Waals surface area contributed by atoms with Crippen LogP contribution in [0.25, 0.3) is 5.57 Å². The standard InChI is InChI=1S/C22H22Cl2N2O2/c1-2-19(26-22(28)15-5-9-18(24)10-6-15)21(27)20-13-16(11-12-25-20)14-3-7-17(23)8-4-14/h3-10,13,19-20,25H,2,11-12H2,1H3,(H,26,28). The van der Waals surface area contributed by atoms with Crippen molar-refractivity contribution in [3.63, 3.8) is 0 Å². The Morgan fingerprint density at radius 2 is 1.68 bits per heavy atom. The Bertz CT molecular complexity index is 876. The predicted octanol–water partition coefficient (Wildman–Crippen LogP) is 4.52. The monoisotopic (exact) mass is 416 g/mol. The van der Waals surface area contributed by atoms with E-state index >= 15 is 0 Å². The first-order valence-corrected chi connectivity index (χ1v) is 10.0. The number of amides is 1. The van der Waals surface area contributed by atoms with Crippen LogP contribution in [0.5, 0.6) is 0 Å². The van der Waals surface area contributed by atoms with E-state index in [-0.39, 0.29) is 11.7 Å². The Balaban J connectivity index is 1.72. The van der Waals surface area contributed by atoms with Gasteiger partial charge in [-0.1, -0.05) is 48.3 Å². The first-order valence-electron chi connectivity index (χ1n) is 9.28. The van der Waals surface area contributed by atoms with Crippen LogP contribution in [0, 0.1) is 0 Å². The van der Waals surface area contributed by atoms with E-state index in [1.54, 1.807) is 24.3 Å². The van der Waals surface area contributed by atoms with Gasteiger partial charge in [0.05, 0.1) is 12.1 Å². The molecule has 2 atom stereocenters. The molecule has 2 aromatic rings. The van der Waals surface area contributed by atoms with Crippen molar-refractivity contribution in [1.29, 1.82) is 0 Å². The van der Waals surface area contributed by atoms with E-state index in [4.69, 9.17) is 23.2 Å². The van der Waals surface area contributed by atoms with E-state index in [1.165, 1.54) is 0 Å². The van der Waals surface area contributed by atoms with Crippen molar-refractivity contribution in [1.82, 2.24) is 10.6 Å². The molecule has 2 aromatic carbocycles. The Kier molecular flexibility index (Phi) is 6.89. The molecule has 0 aliphatic carbocycles. The molecule has 1 aliphatic rings. The third-order valence-corrected chi connectivity index (χ3v) is 5.32. The highest BCUT2D eigenvalue weighted by Crippen LogP contribution is 2.23.